The lowest BCUT2D eigenvalue weighted by molar-refractivity contribution is -0.142. The van der Waals surface area contributed by atoms with Gasteiger partial charge >= 0.3 is 14.6 Å². The van der Waals surface area contributed by atoms with Crippen molar-refractivity contribution in [1.82, 2.24) is 14.7 Å². The van der Waals surface area contributed by atoms with Crippen molar-refractivity contribution in [3.63, 3.8) is 0 Å². The topological polar surface area (TPSA) is 242 Å². The summed E-state index contributed by atoms with van der Waals surface area (Å²) in [6.07, 6.45) is -2.83. The zero-order valence-corrected chi connectivity index (χ0v) is 40.3. The van der Waals surface area contributed by atoms with Gasteiger partial charge in [-0.1, -0.05) is 0 Å². The Morgan fingerprint density at radius 3 is 1.10 bits per heavy atom. The first-order valence-corrected chi connectivity index (χ1v) is 26.5. The van der Waals surface area contributed by atoms with Crippen LogP contribution in [0, 0.1) is 34.0 Å². The monoisotopic (exact) mass is 966 g/mol. The molecule has 0 saturated carbocycles. The summed E-state index contributed by atoms with van der Waals surface area (Å²) < 4.78 is 72.1. The van der Waals surface area contributed by atoms with Gasteiger partial charge in [-0.25, -0.2) is 9.13 Å². The van der Waals surface area contributed by atoms with Crippen LogP contribution in [-0.2, 0) is 37.1 Å². The second kappa shape index (κ2) is 17.0. The van der Waals surface area contributed by atoms with Gasteiger partial charge in [0.1, 0.15) is 52.4 Å². The summed E-state index contributed by atoms with van der Waals surface area (Å²) in [6, 6.07) is 16.9. The lowest BCUT2D eigenvalue weighted by atomic mass is 9.85. The van der Waals surface area contributed by atoms with Gasteiger partial charge in [0.25, 0.3) is 0 Å². The molecular formula is C48H52N6O12P2. The maximum atomic E-state index is 16.8. The summed E-state index contributed by atoms with van der Waals surface area (Å²) in [5, 5.41) is 30.0. The maximum Gasteiger partial charge on any atom is 0.442 e. The van der Waals surface area contributed by atoms with E-state index >= 15 is 9.13 Å². The molecule has 3 amide bonds. The largest absolute Gasteiger partial charge is 0.485 e. The van der Waals surface area contributed by atoms with Crippen molar-refractivity contribution in [2.45, 2.75) is 133 Å². The van der Waals surface area contributed by atoms with Crippen LogP contribution >= 0.6 is 14.6 Å². The van der Waals surface area contributed by atoms with Crippen LogP contribution in [-0.4, -0.2) is 92.1 Å². The second-order valence-electron chi connectivity index (χ2n) is 19.7. The standard InChI is InChI=1S/C48H52N6O12P2/c1-46(2)43(40(52-19-7-10-37(52)55)31-22-28(25-49)13-16-34(31)61-46)64-67(58,59)68(60,65-44-41(53-20-8-11-38(53)56)32-23-29(26-50)14-17-35(32)62-47(44,3)4)66-45-42(54-21-9-12-39(54)57)33-24-30(27-51)15-18-36(33)63-48(45,5)6/h13-18,22-24,40-45H,7-12,19-21H2,1-6H3,(H,58,59)/t40-,41-,42?,43+,44+,45-,68?/m1/s1. The highest BCUT2D eigenvalue weighted by Crippen LogP contribution is 2.84. The molecule has 18 nitrogen and oxygen atoms in total. The number of amides is 3. The highest BCUT2D eigenvalue weighted by atomic mass is 32.1. The van der Waals surface area contributed by atoms with Crippen molar-refractivity contribution in [3.8, 4) is 35.5 Å². The lowest BCUT2D eigenvalue weighted by Crippen LogP contribution is -2.56. The van der Waals surface area contributed by atoms with Gasteiger partial charge in [0.2, 0.25) is 17.7 Å². The summed E-state index contributed by atoms with van der Waals surface area (Å²) in [5.74, 6) is 0.0254. The van der Waals surface area contributed by atoms with Crippen LogP contribution in [0.5, 0.6) is 17.2 Å². The van der Waals surface area contributed by atoms with E-state index in [4.69, 9.17) is 27.8 Å². The van der Waals surface area contributed by atoms with Crippen LogP contribution in [0.3, 0.4) is 0 Å². The van der Waals surface area contributed by atoms with Gasteiger partial charge in [-0.05, 0) is 115 Å². The van der Waals surface area contributed by atoms with Gasteiger partial charge in [0.15, 0.2) is 0 Å². The second-order valence-corrected chi connectivity index (χ2v) is 25.2. The predicted octanol–water partition coefficient (Wildman–Crippen LogP) is 7.65. The Kier molecular flexibility index (Phi) is 11.8. The van der Waals surface area contributed by atoms with E-state index in [1.165, 1.54) is 32.9 Å². The van der Waals surface area contributed by atoms with Crippen LogP contribution in [0.2, 0.25) is 0 Å². The number of hydrogen-bond donors (Lipinski definition) is 1. The molecule has 3 aromatic carbocycles. The first kappa shape index (κ1) is 47.3. The number of benzene rings is 3. The minimum Gasteiger partial charge on any atom is -0.485 e. The summed E-state index contributed by atoms with van der Waals surface area (Å²) in [4.78, 5) is 58.8. The SMILES string of the molecule is CC1(C)Oc2ccc(C#N)cc2C(N2CCCC2=O)[C@H]1OP(=O)(O[C@H]1[C@H](N2CCCC2=O)c2cc(C#N)ccc2OC1(C)C)P(=O)(O)O[C@H]1[C@H](N2CCCC2=O)c2cc(C#N)ccc2OC1(C)C. The molecule has 9 rings (SSSR count). The van der Waals surface area contributed by atoms with Crippen molar-refractivity contribution in [3.05, 3.63) is 88.0 Å². The Labute approximate surface area is 394 Å². The van der Waals surface area contributed by atoms with Crippen molar-refractivity contribution in [2.75, 3.05) is 19.6 Å². The molecule has 3 saturated heterocycles. The normalized spacial score (nSPS) is 28.3. The molecule has 68 heavy (non-hydrogen) atoms. The third-order valence-electron chi connectivity index (χ3n) is 13.8. The van der Waals surface area contributed by atoms with Crippen molar-refractivity contribution in [2.24, 2.45) is 0 Å². The smallest absolute Gasteiger partial charge is 0.442 e. The number of likely N-dealkylation sites (tertiary alicyclic amines) is 3. The quantitative estimate of drug-likeness (QED) is 0.192. The number of fused-ring (bicyclic) bond motifs is 3. The van der Waals surface area contributed by atoms with Gasteiger partial charge in [0.05, 0.1) is 53.0 Å². The average molecular weight is 967 g/mol. The number of carbonyl (C=O) groups excluding carboxylic acids is 3. The summed E-state index contributed by atoms with van der Waals surface area (Å²) in [7, 11) is -11.8. The molecule has 0 bridgehead atoms. The molecule has 6 aliphatic rings. The van der Waals surface area contributed by atoms with Crippen LogP contribution in [0.25, 0.3) is 0 Å². The number of nitrogens with zero attached hydrogens (tertiary/aromatic N) is 6. The van der Waals surface area contributed by atoms with Crippen LogP contribution in [0.4, 0.5) is 0 Å². The van der Waals surface area contributed by atoms with Crippen LogP contribution < -0.4 is 14.2 Å². The summed E-state index contributed by atoms with van der Waals surface area (Å²) >= 11 is 0. The number of carbonyl (C=O) groups is 3. The maximum absolute atomic E-state index is 16.8. The van der Waals surface area contributed by atoms with E-state index in [1.54, 1.807) is 77.9 Å². The number of hydrogen-bond acceptors (Lipinski definition) is 14. The lowest BCUT2D eigenvalue weighted by Gasteiger charge is -2.51. The molecule has 20 heteroatoms. The zero-order chi connectivity index (χ0) is 48.7. The van der Waals surface area contributed by atoms with Crippen molar-refractivity contribution >= 4 is 32.3 Å². The third kappa shape index (κ3) is 8.03. The van der Waals surface area contributed by atoms with Crippen LogP contribution in [0.15, 0.2) is 54.6 Å². The first-order valence-electron chi connectivity index (χ1n) is 22.7. The fraction of sp³-hybridized carbons (Fsp3) is 0.500. The van der Waals surface area contributed by atoms with E-state index in [1.807, 2.05) is 0 Å². The Morgan fingerprint density at radius 2 is 0.838 bits per heavy atom. The number of rotatable bonds is 10. The van der Waals surface area contributed by atoms with E-state index in [2.05, 4.69) is 18.2 Å². The van der Waals surface area contributed by atoms with E-state index in [-0.39, 0.29) is 73.3 Å². The highest BCUT2D eigenvalue weighted by molar-refractivity contribution is 8.27. The zero-order valence-electron chi connectivity index (χ0n) is 38.5. The Bertz CT molecular complexity index is 2730. The van der Waals surface area contributed by atoms with Gasteiger partial charge in [0, 0.05) is 55.6 Å². The van der Waals surface area contributed by atoms with E-state index < -0.39 is 67.8 Å². The minimum atomic E-state index is -5.98. The molecular weight excluding hydrogens is 915 g/mol. The highest BCUT2D eigenvalue weighted by Gasteiger charge is 2.64. The molecule has 0 aromatic heterocycles. The van der Waals surface area contributed by atoms with Crippen LogP contribution in [0.1, 0.15) is 132 Å². The van der Waals surface area contributed by atoms with Crippen molar-refractivity contribution < 1.29 is 56.2 Å². The predicted molar refractivity (Wildman–Crippen MR) is 241 cm³/mol. The Balaban J connectivity index is 1.24. The van der Waals surface area contributed by atoms with E-state index in [0.29, 0.717) is 53.2 Å². The number of ether oxygens (including phenoxy) is 3. The molecule has 6 aliphatic heterocycles. The molecule has 0 radical (unpaired) electrons. The molecule has 1 N–H and O–H groups in total. The fourth-order valence-electron chi connectivity index (χ4n) is 10.6. The van der Waals surface area contributed by atoms with E-state index in [0.717, 1.165) is 0 Å². The first-order chi connectivity index (χ1) is 32.1. The molecule has 0 spiro atoms. The van der Waals surface area contributed by atoms with Gasteiger partial charge in [-0.15, -0.1) is 0 Å². The molecule has 3 fully saturated rings. The van der Waals surface area contributed by atoms with Gasteiger partial charge < -0.3 is 33.8 Å². The molecule has 356 valence electrons. The minimum absolute atomic E-state index is 0.166. The van der Waals surface area contributed by atoms with Gasteiger partial charge in [-0.2, -0.15) is 15.8 Å². The van der Waals surface area contributed by atoms with Crippen molar-refractivity contribution in [1.29, 1.82) is 15.8 Å². The molecule has 6 heterocycles. The third-order valence-corrected chi connectivity index (χ3v) is 18.6. The fourth-order valence-corrected chi connectivity index (χ4v) is 14.9. The summed E-state index contributed by atoms with van der Waals surface area (Å²) in [5.41, 5.74) is -3.01. The molecule has 3 aromatic rings. The molecule has 8 atom stereocenters. The number of nitriles is 3. The average Bonchev–Trinajstić information content (AvgIpc) is 4.04. The van der Waals surface area contributed by atoms with Gasteiger partial charge in [-0.3, -0.25) is 28.0 Å². The Hall–Kier alpha value is -5.76. The summed E-state index contributed by atoms with van der Waals surface area (Å²) in [6.45, 7) is 10.3. The molecule has 3 unspecified atom stereocenters. The van der Waals surface area contributed by atoms with E-state index in [9.17, 15) is 35.1 Å². The Morgan fingerprint density at radius 1 is 0.544 bits per heavy atom. The molecule has 0 aliphatic carbocycles.